The van der Waals surface area contributed by atoms with Crippen LogP contribution in [0.4, 0.5) is 0 Å². The second-order valence-corrected chi connectivity index (χ2v) is 9.54. The molecule has 10 heteroatoms. The predicted molar refractivity (Wildman–Crippen MR) is 140 cm³/mol. The van der Waals surface area contributed by atoms with Crippen molar-refractivity contribution in [2.75, 3.05) is 7.11 Å². The maximum atomic E-state index is 12.1. The summed E-state index contributed by atoms with van der Waals surface area (Å²) in [4.78, 5) is 16.5. The van der Waals surface area contributed by atoms with Gasteiger partial charge in [0.25, 0.3) is 0 Å². The van der Waals surface area contributed by atoms with Crippen LogP contribution in [-0.2, 0) is 11.4 Å². The summed E-state index contributed by atoms with van der Waals surface area (Å²) in [7, 11) is 1.54. The number of thioether (sulfide) groups is 1. The van der Waals surface area contributed by atoms with Crippen LogP contribution >= 0.6 is 39.3 Å². The van der Waals surface area contributed by atoms with Crippen molar-refractivity contribution in [1.29, 1.82) is 0 Å². The molecule has 0 saturated carbocycles. The Balaban J connectivity index is 1.60. The average molecular weight is 573 g/mol. The fourth-order valence-electron chi connectivity index (χ4n) is 3.15. The van der Waals surface area contributed by atoms with Crippen LogP contribution in [0.25, 0.3) is 17.5 Å². The number of aromatic nitrogens is 3. The van der Waals surface area contributed by atoms with E-state index >= 15 is 0 Å². The highest BCUT2D eigenvalue weighted by molar-refractivity contribution is 9.10. The Morgan fingerprint density at radius 2 is 1.91 bits per heavy atom. The van der Waals surface area contributed by atoms with Crippen LogP contribution in [0.1, 0.15) is 11.1 Å². The lowest BCUT2D eigenvalue weighted by atomic mass is 10.2. The number of methoxy groups -OCH3 is 1. The molecule has 1 heterocycles. The van der Waals surface area contributed by atoms with E-state index in [0.717, 1.165) is 21.8 Å². The minimum absolute atomic E-state index is 0.0243. The van der Waals surface area contributed by atoms with Gasteiger partial charge in [-0.25, -0.2) is 9.78 Å². The molecule has 3 aromatic carbocycles. The van der Waals surface area contributed by atoms with E-state index in [0.29, 0.717) is 40.1 Å². The second-order valence-electron chi connectivity index (χ2n) is 7.18. The molecule has 178 valence electrons. The molecule has 1 aromatic heterocycles. The van der Waals surface area contributed by atoms with Crippen molar-refractivity contribution in [3.05, 3.63) is 92.3 Å². The van der Waals surface area contributed by atoms with Crippen LogP contribution in [0, 0.1) is 0 Å². The smallest absolute Gasteiger partial charge is 0.342 e. The van der Waals surface area contributed by atoms with E-state index < -0.39 is 5.97 Å². The first-order valence-electron chi connectivity index (χ1n) is 10.3. The number of carbonyl (C=O) groups is 1. The van der Waals surface area contributed by atoms with E-state index in [2.05, 4.69) is 31.1 Å². The lowest BCUT2D eigenvalue weighted by molar-refractivity contribution is -0.131. The highest BCUT2D eigenvalue weighted by atomic mass is 79.9. The van der Waals surface area contributed by atoms with Gasteiger partial charge in [-0.3, -0.25) is 5.10 Å². The molecule has 0 aliphatic rings. The quantitative estimate of drug-likeness (QED) is 0.170. The molecule has 0 fully saturated rings. The molecule has 7 nitrogen and oxygen atoms in total. The largest absolute Gasteiger partial charge is 0.496 e. The number of ether oxygens (including phenoxy) is 2. The van der Waals surface area contributed by atoms with Gasteiger partial charge in [0.05, 0.1) is 12.7 Å². The van der Waals surface area contributed by atoms with Crippen molar-refractivity contribution in [3.63, 3.8) is 0 Å². The fraction of sp³-hybridized carbons (Fsp3) is 0.0800. The maximum Gasteiger partial charge on any atom is 0.342 e. The monoisotopic (exact) mass is 571 g/mol. The van der Waals surface area contributed by atoms with Gasteiger partial charge in [0.1, 0.15) is 23.0 Å². The summed E-state index contributed by atoms with van der Waals surface area (Å²) in [6, 6.07) is 20.3. The SMILES string of the molecule is COc1ccc(Cl)cc1-c1nc(S/C(=C\c2cc(Br)ccc2OCc2ccccc2)C(=O)O)n[nH]1. The van der Waals surface area contributed by atoms with Crippen molar-refractivity contribution in [3.8, 4) is 22.9 Å². The Bertz CT molecular complexity index is 1380. The summed E-state index contributed by atoms with van der Waals surface area (Å²) in [6.45, 7) is 0.352. The first-order valence-corrected chi connectivity index (χ1v) is 12.3. The third kappa shape index (κ3) is 6.45. The molecule has 0 bridgehead atoms. The highest BCUT2D eigenvalue weighted by Crippen LogP contribution is 2.34. The summed E-state index contributed by atoms with van der Waals surface area (Å²) >= 11 is 10.5. The standard InChI is InChI=1S/C25H19BrClN3O4S/c1-33-21-10-8-18(27)13-19(21)23-28-25(30-29-23)35-22(24(31)32)12-16-11-17(26)7-9-20(16)34-14-15-5-3-2-4-6-15/h2-13H,14H2,1H3,(H,31,32)(H,28,29,30)/b22-12-. The minimum atomic E-state index is -1.12. The van der Waals surface area contributed by atoms with E-state index in [-0.39, 0.29) is 10.1 Å². The van der Waals surface area contributed by atoms with Gasteiger partial charge in [0, 0.05) is 15.1 Å². The normalized spacial score (nSPS) is 11.3. The maximum absolute atomic E-state index is 12.1. The van der Waals surface area contributed by atoms with Gasteiger partial charge in [0.2, 0.25) is 5.16 Å². The van der Waals surface area contributed by atoms with Gasteiger partial charge in [0.15, 0.2) is 5.82 Å². The minimum Gasteiger partial charge on any atom is -0.496 e. The Morgan fingerprint density at radius 3 is 2.66 bits per heavy atom. The number of nitrogens with one attached hydrogen (secondary N) is 1. The molecule has 4 rings (SSSR count). The number of rotatable bonds is 9. The second kappa shape index (κ2) is 11.4. The molecule has 35 heavy (non-hydrogen) atoms. The molecule has 0 amide bonds. The van der Waals surface area contributed by atoms with E-state index in [9.17, 15) is 9.90 Å². The Morgan fingerprint density at radius 1 is 1.14 bits per heavy atom. The third-order valence-corrected chi connectivity index (χ3v) is 6.40. The van der Waals surface area contributed by atoms with Gasteiger partial charge in [-0.15, -0.1) is 5.10 Å². The van der Waals surface area contributed by atoms with E-state index in [1.54, 1.807) is 37.4 Å². The van der Waals surface area contributed by atoms with Crippen LogP contribution in [0.5, 0.6) is 11.5 Å². The van der Waals surface area contributed by atoms with Crippen molar-refractivity contribution in [1.82, 2.24) is 15.2 Å². The number of aromatic amines is 1. The molecule has 0 radical (unpaired) electrons. The molecule has 0 unspecified atom stereocenters. The van der Waals surface area contributed by atoms with Gasteiger partial charge in [-0.05, 0) is 59.8 Å². The van der Waals surface area contributed by atoms with Gasteiger partial charge in [-0.2, -0.15) is 0 Å². The van der Waals surface area contributed by atoms with E-state index in [1.165, 1.54) is 6.08 Å². The number of nitrogens with zero attached hydrogens (tertiary/aromatic N) is 2. The molecule has 0 saturated heterocycles. The van der Waals surface area contributed by atoms with Crippen LogP contribution in [-0.4, -0.2) is 33.4 Å². The summed E-state index contributed by atoms with van der Waals surface area (Å²) in [5.41, 5.74) is 2.22. The molecule has 4 aromatic rings. The van der Waals surface area contributed by atoms with Gasteiger partial charge >= 0.3 is 5.97 Å². The molecule has 0 aliphatic carbocycles. The Hall–Kier alpha value is -3.27. The summed E-state index contributed by atoms with van der Waals surface area (Å²) < 4.78 is 12.1. The van der Waals surface area contributed by atoms with Crippen molar-refractivity contribution < 1.29 is 19.4 Å². The van der Waals surface area contributed by atoms with E-state index in [1.807, 2.05) is 36.4 Å². The fourth-order valence-corrected chi connectivity index (χ4v) is 4.40. The molecule has 0 spiro atoms. The first-order chi connectivity index (χ1) is 16.9. The molecular weight excluding hydrogens is 554 g/mol. The summed E-state index contributed by atoms with van der Waals surface area (Å²) in [5, 5.41) is 17.6. The topological polar surface area (TPSA) is 97.3 Å². The molecule has 0 atom stereocenters. The van der Waals surface area contributed by atoms with Crippen molar-refractivity contribution in [2.24, 2.45) is 0 Å². The summed E-state index contributed by atoms with van der Waals surface area (Å²) in [5.74, 6) is 0.405. The number of carboxylic acids is 1. The van der Waals surface area contributed by atoms with Crippen LogP contribution in [0.3, 0.4) is 0 Å². The zero-order valence-electron chi connectivity index (χ0n) is 18.4. The Labute approximate surface area is 219 Å². The Kier molecular flexibility index (Phi) is 8.12. The lowest BCUT2D eigenvalue weighted by Crippen LogP contribution is -2.00. The molecule has 0 aliphatic heterocycles. The number of H-pyrrole nitrogens is 1. The third-order valence-electron chi connectivity index (χ3n) is 4.79. The number of hydrogen-bond acceptors (Lipinski definition) is 6. The lowest BCUT2D eigenvalue weighted by Gasteiger charge is -2.11. The number of hydrogen-bond donors (Lipinski definition) is 2. The number of carboxylic acid groups (broad SMARTS) is 1. The van der Waals surface area contributed by atoms with E-state index in [4.69, 9.17) is 21.1 Å². The van der Waals surface area contributed by atoms with Crippen molar-refractivity contribution >= 4 is 51.3 Å². The highest BCUT2D eigenvalue weighted by Gasteiger charge is 2.17. The predicted octanol–water partition coefficient (Wildman–Crippen LogP) is 6.69. The van der Waals surface area contributed by atoms with Gasteiger partial charge < -0.3 is 14.6 Å². The average Bonchev–Trinajstić information content (AvgIpc) is 3.32. The zero-order valence-corrected chi connectivity index (χ0v) is 21.5. The number of aliphatic carboxylic acids is 1. The van der Waals surface area contributed by atoms with Crippen LogP contribution < -0.4 is 9.47 Å². The van der Waals surface area contributed by atoms with Gasteiger partial charge in [-0.1, -0.05) is 57.9 Å². The molecular formula is C25H19BrClN3O4S. The zero-order chi connectivity index (χ0) is 24.8. The molecule has 2 N–H and O–H groups in total. The van der Waals surface area contributed by atoms with Crippen molar-refractivity contribution in [2.45, 2.75) is 11.8 Å². The first kappa shape index (κ1) is 24.8. The van der Waals surface area contributed by atoms with Crippen LogP contribution in [0.15, 0.2) is 81.3 Å². The number of halogens is 2. The van der Waals surface area contributed by atoms with Crippen LogP contribution in [0.2, 0.25) is 5.02 Å². The number of benzene rings is 3. The summed E-state index contributed by atoms with van der Waals surface area (Å²) in [6.07, 6.45) is 1.54.